The van der Waals surface area contributed by atoms with Crippen molar-refractivity contribution < 1.29 is 4.74 Å². The standard InChI is InChI=1S/C24H41N5O.HI/c1-4-25-24(26-12-13-29-16-14-28(5-2)15-17-29)27-19-22-7-6-18-30-23(22)21-10-8-20(3)9-11-21;/h8-11,22-23H,4-7,12-19H2,1-3H3,(H2,25,26,27);1H. The lowest BCUT2D eigenvalue weighted by Gasteiger charge is -2.34. The van der Waals surface area contributed by atoms with Gasteiger partial charge in [0.1, 0.15) is 0 Å². The summed E-state index contributed by atoms with van der Waals surface area (Å²) in [6, 6.07) is 8.78. The van der Waals surface area contributed by atoms with Crippen molar-refractivity contribution in [2.75, 3.05) is 65.5 Å². The van der Waals surface area contributed by atoms with E-state index in [2.05, 4.69) is 65.5 Å². The summed E-state index contributed by atoms with van der Waals surface area (Å²) >= 11 is 0. The van der Waals surface area contributed by atoms with Crippen molar-refractivity contribution in [2.24, 2.45) is 10.9 Å². The largest absolute Gasteiger partial charge is 0.373 e. The van der Waals surface area contributed by atoms with E-state index in [4.69, 9.17) is 9.73 Å². The molecule has 0 saturated carbocycles. The van der Waals surface area contributed by atoms with Gasteiger partial charge in [-0.15, -0.1) is 24.0 Å². The highest BCUT2D eigenvalue weighted by Crippen LogP contribution is 2.33. The molecule has 2 atom stereocenters. The predicted molar refractivity (Wildman–Crippen MR) is 141 cm³/mol. The van der Waals surface area contributed by atoms with E-state index in [9.17, 15) is 0 Å². The van der Waals surface area contributed by atoms with E-state index >= 15 is 0 Å². The normalized spacial score (nSPS) is 23.3. The van der Waals surface area contributed by atoms with Crippen molar-refractivity contribution in [3.05, 3.63) is 35.4 Å². The van der Waals surface area contributed by atoms with Gasteiger partial charge in [-0.2, -0.15) is 0 Å². The van der Waals surface area contributed by atoms with Crippen LogP contribution in [0.4, 0.5) is 0 Å². The lowest BCUT2D eigenvalue weighted by molar-refractivity contribution is -0.0250. The number of hydrogen-bond donors (Lipinski definition) is 2. The zero-order valence-electron chi connectivity index (χ0n) is 19.6. The Balaban J connectivity index is 0.00000341. The molecule has 2 heterocycles. The molecule has 1 aromatic rings. The molecule has 0 aliphatic carbocycles. The summed E-state index contributed by atoms with van der Waals surface area (Å²) in [6.45, 7) is 16.9. The average Bonchev–Trinajstić information content (AvgIpc) is 2.79. The molecule has 0 spiro atoms. The second kappa shape index (κ2) is 14.3. The first-order valence-electron chi connectivity index (χ1n) is 11.8. The maximum atomic E-state index is 6.17. The van der Waals surface area contributed by atoms with Crippen LogP contribution in [0.2, 0.25) is 0 Å². The Bertz CT molecular complexity index is 646. The Morgan fingerprint density at radius 2 is 1.77 bits per heavy atom. The Hall–Kier alpha value is -0.900. The van der Waals surface area contributed by atoms with Gasteiger partial charge in [0.25, 0.3) is 0 Å². The number of halogens is 1. The lowest BCUT2D eigenvalue weighted by atomic mass is 9.89. The Morgan fingerprint density at radius 1 is 1.06 bits per heavy atom. The fourth-order valence-corrected chi connectivity index (χ4v) is 4.37. The van der Waals surface area contributed by atoms with Crippen LogP contribution in [0.3, 0.4) is 0 Å². The molecule has 0 radical (unpaired) electrons. The van der Waals surface area contributed by atoms with Crippen LogP contribution in [0.5, 0.6) is 0 Å². The summed E-state index contributed by atoms with van der Waals surface area (Å²) in [5, 5.41) is 6.95. The van der Waals surface area contributed by atoms with Crippen LogP contribution in [0.15, 0.2) is 29.3 Å². The average molecular weight is 544 g/mol. The van der Waals surface area contributed by atoms with E-state index in [0.717, 1.165) is 51.7 Å². The number of aryl methyl sites for hydroxylation is 1. The minimum absolute atomic E-state index is 0. The Labute approximate surface area is 206 Å². The van der Waals surface area contributed by atoms with Crippen molar-refractivity contribution in [3.8, 4) is 0 Å². The Kier molecular flexibility index (Phi) is 12.1. The topological polar surface area (TPSA) is 52.1 Å². The van der Waals surface area contributed by atoms with Crippen LogP contribution < -0.4 is 10.6 Å². The zero-order valence-corrected chi connectivity index (χ0v) is 21.9. The SMILES string of the molecule is CCNC(=NCC1CCCOC1c1ccc(C)cc1)NCCN1CCN(CC)CC1.I. The van der Waals surface area contributed by atoms with Gasteiger partial charge in [0.2, 0.25) is 0 Å². The molecule has 3 rings (SSSR count). The summed E-state index contributed by atoms with van der Waals surface area (Å²) in [4.78, 5) is 9.99. The van der Waals surface area contributed by atoms with E-state index < -0.39 is 0 Å². The van der Waals surface area contributed by atoms with Gasteiger partial charge in [0.15, 0.2) is 5.96 Å². The molecule has 0 amide bonds. The molecule has 2 aliphatic rings. The minimum atomic E-state index is 0. The number of benzene rings is 1. The highest BCUT2D eigenvalue weighted by molar-refractivity contribution is 14.0. The molecular formula is C24H42IN5O. The van der Waals surface area contributed by atoms with Crippen molar-refractivity contribution in [2.45, 2.75) is 39.7 Å². The van der Waals surface area contributed by atoms with E-state index in [1.165, 1.54) is 43.7 Å². The molecule has 31 heavy (non-hydrogen) atoms. The fraction of sp³-hybridized carbons (Fsp3) is 0.708. The molecule has 2 unspecified atom stereocenters. The Morgan fingerprint density at radius 3 is 2.45 bits per heavy atom. The molecule has 0 aromatic heterocycles. The van der Waals surface area contributed by atoms with Crippen molar-refractivity contribution in [1.29, 1.82) is 0 Å². The highest BCUT2D eigenvalue weighted by atomic mass is 127. The number of nitrogens with zero attached hydrogens (tertiary/aromatic N) is 3. The van der Waals surface area contributed by atoms with Crippen LogP contribution in [0.1, 0.15) is 43.9 Å². The molecule has 2 saturated heterocycles. The number of guanidine groups is 1. The third kappa shape index (κ3) is 8.51. The molecule has 2 fully saturated rings. The summed E-state index contributed by atoms with van der Waals surface area (Å²) in [5.41, 5.74) is 2.57. The van der Waals surface area contributed by atoms with Gasteiger partial charge in [-0.1, -0.05) is 36.8 Å². The smallest absolute Gasteiger partial charge is 0.191 e. The molecule has 2 N–H and O–H groups in total. The number of hydrogen-bond acceptors (Lipinski definition) is 4. The van der Waals surface area contributed by atoms with Gasteiger partial charge in [0, 0.05) is 64.9 Å². The van der Waals surface area contributed by atoms with Gasteiger partial charge in [-0.25, -0.2) is 0 Å². The third-order valence-corrected chi connectivity index (χ3v) is 6.31. The number of nitrogens with one attached hydrogen (secondary N) is 2. The van der Waals surface area contributed by atoms with E-state index in [1.807, 2.05) is 0 Å². The van der Waals surface area contributed by atoms with Crippen LogP contribution in [0.25, 0.3) is 0 Å². The van der Waals surface area contributed by atoms with Crippen molar-refractivity contribution >= 4 is 29.9 Å². The first-order chi connectivity index (χ1) is 14.7. The minimum Gasteiger partial charge on any atom is -0.373 e. The summed E-state index contributed by atoms with van der Waals surface area (Å²) in [5.74, 6) is 1.36. The summed E-state index contributed by atoms with van der Waals surface area (Å²) in [7, 11) is 0. The number of aliphatic imine (C=N–C) groups is 1. The molecule has 6 nitrogen and oxygen atoms in total. The number of rotatable bonds is 8. The first-order valence-corrected chi connectivity index (χ1v) is 11.8. The van der Waals surface area contributed by atoms with Gasteiger partial charge in [-0.3, -0.25) is 9.89 Å². The zero-order chi connectivity index (χ0) is 21.2. The first kappa shape index (κ1) is 26.4. The molecule has 7 heteroatoms. The fourth-order valence-electron chi connectivity index (χ4n) is 4.37. The number of likely N-dealkylation sites (N-methyl/N-ethyl adjacent to an activating group) is 1. The molecule has 1 aromatic carbocycles. The van der Waals surface area contributed by atoms with Gasteiger partial charge >= 0.3 is 0 Å². The van der Waals surface area contributed by atoms with Crippen LogP contribution in [0, 0.1) is 12.8 Å². The molecule has 176 valence electrons. The van der Waals surface area contributed by atoms with E-state index in [-0.39, 0.29) is 30.1 Å². The quantitative estimate of drug-likeness (QED) is 0.300. The van der Waals surface area contributed by atoms with E-state index in [1.54, 1.807) is 0 Å². The second-order valence-corrected chi connectivity index (χ2v) is 8.53. The molecular weight excluding hydrogens is 501 g/mol. The maximum Gasteiger partial charge on any atom is 0.191 e. The van der Waals surface area contributed by atoms with Crippen LogP contribution >= 0.6 is 24.0 Å². The molecule has 0 bridgehead atoms. The maximum absolute atomic E-state index is 6.17. The van der Waals surface area contributed by atoms with Gasteiger partial charge in [0.05, 0.1) is 6.10 Å². The van der Waals surface area contributed by atoms with Gasteiger partial charge < -0.3 is 20.3 Å². The van der Waals surface area contributed by atoms with Crippen LogP contribution in [-0.4, -0.2) is 81.3 Å². The summed E-state index contributed by atoms with van der Waals surface area (Å²) < 4.78 is 6.17. The predicted octanol–water partition coefficient (Wildman–Crippen LogP) is 3.27. The number of piperazine rings is 1. The molecule has 2 aliphatic heterocycles. The van der Waals surface area contributed by atoms with Crippen LogP contribution in [-0.2, 0) is 4.74 Å². The second-order valence-electron chi connectivity index (χ2n) is 8.53. The monoisotopic (exact) mass is 543 g/mol. The van der Waals surface area contributed by atoms with Gasteiger partial charge in [-0.05, 0) is 38.8 Å². The number of ether oxygens (including phenoxy) is 1. The van der Waals surface area contributed by atoms with Crippen molar-refractivity contribution in [3.63, 3.8) is 0 Å². The lowest BCUT2D eigenvalue weighted by Crippen LogP contribution is -2.49. The van der Waals surface area contributed by atoms with E-state index in [0.29, 0.717) is 5.92 Å². The van der Waals surface area contributed by atoms with Crippen molar-refractivity contribution in [1.82, 2.24) is 20.4 Å². The summed E-state index contributed by atoms with van der Waals surface area (Å²) in [6.07, 6.45) is 2.44. The third-order valence-electron chi connectivity index (χ3n) is 6.31. The highest BCUT2D eigenvalue weighted by Gasteiger charge is 2.27.